The molecular weight excluding hydrogens is 396 g/mol. The van der Waals surface area contributed by atoms with Gasteiger partial charge in [-0.05, 0) is 62.8 Å². The molecule has 0 bridgehead atoms. The molecule has 5 heteroatoms. The van der Waals surface area contributed by atoms with Crippen LogP contribution in [0.3, 0.4) is 0 Å². The van der Waals surface area contributed by atoms with Crippen molar-refractivity contribution in [2.75, 3.05) is 18.0 Å². The molecule has 1 amide bonds. The van der Waals surface area contributed by atoms with E-state index in [-0.39, 0.29) is 17.9 Å². The van der Waals surface area contributed by atoms with Gasteiger partial charge in [-0.1, -0.05) is 54.6 Å². The Morgan fingerprint density at radius 1 is 1.06 bits per heavy atom. The summed E-state index contributed by atoms with van der Waals surface area (Å²) in [5, 5.41) is 12.2. The van der Waals surface area contributed by atoms with Crippen molar-refractivity contribution in [1.82, 2.24) is 15.5 Å². The Hall–Kier alpha value is -3.21. The maximum absolute atomic E-state index is 12.9. The van der Waals surface area contributed by atoms with E-state index in [0.29, 0.717) is 6.54 Å². The summed E-state index contributed by atoms with van der Waals surface area (Å²) in [5.74, 6) is 0.984. The lowest BCUT2D eigenvalue weighted by Crippen LogP contribution is -2.45. The molecule has 32 heavy (non-hydrogen) atoms. The highest BCUT2D eigenvalue weighted by Crippen LogP contribution is 2.25. The highest BCUT2D eigenvalue weighted by Gasteiger charge is 2.27. The average Bonchev–Trinajstić information content (AvgIpc) is 2.84. The number of benzene rings is 2. The molecule has 3 aromatic rings. The van der Waals surface area contributed by atoms with E-state index in [9.17, 15) is 4.79 Å². The van der Waals surface area contributed by atoms with Crippen LogP contribution in [0.1, 0.15) is 37.3 Å². The van der Waals surface area contributed by atoms with Crippen LogP contribution in [-0.2, 0) is 11.2 Å². The molecule has 1 aliphatic rings. The van der Waals surface area contributed by atoms with Gasteiger partial charge in [-0.15, -0.1) is 10.2 Å². The molecule has 166 valence electrons. The number of nitrogens with zero attached hydrogens (tertiary/aromatic N) is 3. The number of piperidine rings is 1. The van der Waals surface area contributed by atoms with Crippen LogP contribution >= 0.6 is 0 Å². The van der Waals surface area contributed by atoms with Crippen molar-refractivity contribution in [3.05, 3.63) is 77.9 Å². The predicted octanol–water partition coefficient (Wildman–Crippen LogP) is 4.81. The van der Waals surface area contributed by atoms with E-state index in [1.54, 1.807) is 0 Å². The lowest BCUT2D eigenvalue weighted by molar-refractivity contribution is -0.125. The van der Waals surface area contributed by atoms with Crippen molar-refractivity contribution in [1.29, 1.82) is 0 Å². The van der Waals surface area contributed by atoms with Crippen molar-refractivity contribution >= 4 is 11.7 Å². The van der Waals surface area contributed by atoms with Gasteiger partial charge in [0.15, 0.2) is 5.82 Å². The highest BCUT2D eigenvalue weighted by molar-refractivity contribution is 5.79. The molecule has 0 aliphatic carbocycles. The Morgan fingerprint density at radius 2 is 1.84 bits per heavy atom. The maximum atomic E-state index is 12.9. The van der Waals surface area contributed by atoms with Crippen molar-refractivity contribution < 1.29 is 4.79 Å². The highest BCUT2D eigenvalue weighted by atomic mass is 16.2. The number of carbonyl (C=O) groups excluding carboxylic acids is 1. The second kappa shape index (κ2) is 10.4. The summed E-state index contributed by atoms with van der Waals surface area (Å²) in [6, 6.07) is 22.8. The molecule has 2 aromatic carbocycles. The first-order chi connectivity index (χ1) is 15.6. The molecule has 1 saturated heterocycles. The summed E-state index contributed by atoms with van der Waals surface area (Å²) >= 11 is 0. The molecule has 2 unspecified atom stereocenters. The van der Waals surface area contributed by atoms with Crippen molar-refractivity contribution in [3.63, 3.8) is 0 Å². The topological polar surface area (TPSA) is 58.1 Å². The minimum absolute atomic E-state index is 0.0132. The van der Waals surface area contributed by atoms with Crippen LogP contribution in [0.15, 0.2) is 66.7 Å². The lowest BCUT2D eigenvalue weighted by atomic mass is 9.96. The molecule has 1 aromatic heterocycles. The fourth-order valence-corrected chi connectivity index (χ4v) is 4.36. The molecular formula is C27H32N4O. The zero-order valence-electron chi connectivity index (χ0n) is 19.0. The first-order valence-corrected chi connectivity index (χ1v) is 11.6. The summed E-state index contributed by atoms with van der Waals surface area (Å²) in [7, 11) is 0. The normalized spacial score (nSPS) is 17.1. The average molecular weight is 429 g/mol. The van der Waals surface area contributed by atoms with Crippen molar-refractivity contribution in [2.45, 2.75) is 45.6 Å². The lowest BCUT2D eigenvalue weighted by Gasteiger charge is -2.33. The Balaban J connectivity index is 1.32. The van der Waals surface area contributed by atoms with Gasteiger partial charge in [0.25, 0.3) is 0 Å². The molecule has 1 fully saturated rings. The van der Waals surface area contributed by atoms with E-state index >= 15 is 0 Å². The molecule has 4 rings (SSSR count). The number of anilines is 1. The van der Waals surface area contributed by atoms with Crippen LogP contribution < -0.4 is 10.2 Å². The molecule has 0 spiro atoms. The first-order valence-electron chi connectivity index (χ1n) is 11.6. The number of amides is 1. The smallest absolute Gasteiger partial charge is 0.225 e. The number of aromatic nitrogens is 2. The number of carbonyl (C=O) groups is 1. The SMILES string of the molecule is Cc1ccccc1-c1ccc(N2CCCC(C(=O)NC(C)CCc3ccccc3)C2)nn1. The van der Waals surface area contributed by atoms with Gasteiger partial charge >= 0.3 is 0 Å². The summed E-state index contributed by atoms with van der Waals surface area (Å²) in [6.07, 6.45) is 3.82. The second-order valence-corrected chi connectivity index (χ2v) is 8.81. The fourth-order valence-electron chi connectivity index (χ4n) is 4.36. The largest absolute Gasteiger partial charge is 0.354 e. The van der Waals surface area contributed by atoms with Gasteiger partial charge in [-0.2, -0.15) is 0 Å². The molecule has 1 N–H and O–H groups in total. The third kappa shape index (κ3) is 5.52. The van der Waals surface area contributed by atoms with Crippen LogP contribution in [0.25, 0.3) is 11.3 Å². The van der Waals surface area contributed by atoms with Crippen LogP contribution in [0.4, 0.5) is 5.82 Å². The monoisotopic (exact) mass is 428 g/mol. The zero-order valence-corrected chi connectivity index (χ0v) is 19.0. The maximum Gasteiger partial charge on any atom is 0.225 e. The van der Waals surface area contributed by atoms with Crippen LogP contribution in [-0.4, -0.2) is 35.2 Å². The van der Waals surface area contributed by atoms with E-state index in [4.69, 9.17) is 0 Å². The van der Waals surface area contributed by atoms with Crippen LogP contribution in [0.5, 0.6) is 0 Å². The van der Waals surface area contributed by atoms with Crippen LogP contribution in [0, 0.1) is 12.8 Å². The number of hydrogen-bond donors (Lipinski definition) is 1. The van der Waals surface area contributed by atoms with Gasteiger partial charge in [0.1, 0.15) is 0 Å². The molecule has 2 heterocycles. The fraction of sp³-hybridized carbons (Fsp3) is 0.370. The summed E-state index contributed by atoms with van der Waals surface area (Å²) in [4.78, 5) is 15.1. The Morgan fingerprint density at radius 3 is 2.59 bits per heavy atom. The molecule has 2 atom stereocenters. The van der Waals surface area contributed by atoms with E-state index in [0.717, 1.165) is 49.3 Å². The van der Waals surface area contributed by atoms with Gasteiger partial charge in [0.2, 0.25) is 5.91 Å². The zero-order chi connectivity index (χ0) is 22.3. The Kier molecular flexibility index (Phi) is 7.15. The van der Waals surface area contributed by atoms with Crippen LogP contribution in [0.2, 0.25) is 0 Å². The standard InChI is InChI=1S/C27H32N4O/c1-20-9-6-7-13-24(20)25-16-17-26(30-29-25)31-18-8-12-23(19-31)27(32)28-21(2)14-15-22-10-4-3-5-11-22/h3-7,9-11,13,16-17,21,23H,8,12,14-15,18-19H2,1-2H3,(H,28,32). The predicted molar refractivity (Wildman–Crippen MR) is 130 cm³/mol. The first kappa shape index (κ1) is 22.0. The van der Waals surface area contributed by atoms with Gasteiger partial charge in [-0.3, -0.25) is 4.79 Å². The van der Waals surface area contributed by atoms with Gasteiger partial charge in [0, 0.05) is 24.7 Å². The summed E-state index contributed by atoms with van der Waals surface area (Å²) < 4.78 is 0. The Bertz CT molecular complexity index is 1020. The minimum atomic E-state index is -0.0132. The number of rotatable bonds is 7. The number of aryl methyl sites for hydroxylation is 2. The third-order valence-electron chi connectivity index (χ3n) is 6.29. The molecule has 0 radical (unpaired) electrons. The van der Waals surface area contributed by atoms with E-state index in [2.05, 4.69) is 70.7 Å². The Labute approximate surface area is 190 Å². The molecule has 0 saturated carbocycles. The minimum Gasteiger partial charge on any atom is -0.354 e. The van der Waals surface area contributed by atoms with E-state index < -0.39 is 0 Å². The molecule has 1 aliphatic heterocycles. The van der Waals surface area contributed by atoms with E-state index in [1.807, 2.05) is 30.3 Å². The number of hydrogen-bond acceptors (Lipinski definition) is 4. The second-order valence-electron chi connectivity index (χ2n) is 8.81. The summed E-state index contributed by atoms with van der Waals surface area (Å²) in [6.45, 7) is 5.78. The van der Waals surface area contributed by atoms with Gasteiger partial charge in [0.05, 0.1) is 11.6 Å². The summed E-state index contributed by atoms with van der Waals surface area (Å²) in [5.41, 5.74) is 4.48. The van der Waals surface area contributed by atoms with Gasteiger partial charge in [-0.25, -0.2) is 0 Å². The van der Waals surface area contributed by atoms with Gasteiger partial charge < -0.3 is 10.2 Å². The third-order valence-corrected chi connectivity index (χ3v) is 6.29. The molecule has 5 nitrogen and oxygen atoms in total. The van der Waals surface area contributed by atoms with Crippen molar-refractivity contribution in [2.24, 2.45) is 5.92 Å². The van der Waals surface area contributed by atoms with Crippen molar-refractivity contribution in [3.8, 4) is 11.3 Å². The number of nitrogens with one attached hydrogen (secondary N) is 1. The van der Waals surface area contributed by atoms with E-state index in [1.165, 1.54) is 11.1 Å². The quantitative estimate of drug-likeness (QED) is 0.587.